The van der Waals surface area contributed by atoms with Crippen LogP contribution in [0.3, 0.4) is 0 Å². The monoisotopic (exact) mass is 348 g/mol. The Balaban J connectivity index is 1.64. The van der Waals surface area contributed by atoms with E-state index in [2.05, 4.69) is 20.8 Å². The summed E-state index contributed by atoms with van der Waals surface area (Å²) in [6, 6.07) is 0. The summed E-state index contributed by atoms with van der Waals surface area (Å²) in [6.45, 7) is 7.36. The first-order valence-corrected chi connectivity index (χ1v) is 10.6. The van der Waals surface area contributed by atoms with Gasteiger partial charge in [-0.15, -0.1) is 0 Å². The molecule has 0 aliphatic heterocycles. The van der Waals surface area contributed by atoms with Gasteiger partial charge in [-0.1, -0.05) is 20.8 Å². The maximum atomic E-state index is 12.0. The zero-order chi connectivity index (χ0) is 18.0. The zero-order valence-corrected chi connectivity index (χ0v) is 16.2. The first kappa shape index (κ1) is 18.0. The molecule has 0 aromatic heterocycles. The van der Waals surface area contributed by atoms with Crippen molar-refractivity contribution < 1.29 is 15.0 Å². The predicted octanol–water partition coefficient (Wildman–Crippen LogP) is 3.81. The van der Waals surface area contributed by atoms with Gasteiger partial charge in [0.2, 0.25) is 0 Å². The first-order valence-electron chi connectivity index (χ1n) is 10.6. The third-order valence-electron chi connectivity index (χ3n) is 9.55. The van der Waals surface area contributed by atoms with Gasteiger partial charge in [-0.3, -0.25) is 4.79 Å². The lowest BCUT2D eigenvalue weighted by molar-refractivity contribution is -0.169. The van der Waals surface area contributed by atoms with Crippen molar-refractivity contribution in [1.82, 2.24) is 0 Å². The Kier molecular flexibility index (Phi) is 4.35. The molecular formula is C22H36O3. The van der Waals surface area contributed by atoms with Crippen LogP contribution in [-0.2, 0) is 4.79 Å². The topological polar surface area (TPSA) is 57.5 Å². The Labute approximate surface area is 152 Å². The fraction of sp³-hybridized carbons (Fsp3) is 0.955. The van der Waals surface area contributed by atoms with Crippen molar-refractivity contribution in [2.75, 3.05) is 6.61 Å². The molecule has 9 atom stereocenters. The molecule has 0 spiro atoms. The molecule has 4 aliphatic rings. The van der Waals surface area contributed by atoms with Gasteiger partial charge < -0.3 is 10.2 Å². The number of carbonyl (C=O) groups is 1. The number of hydrogen-bond acceptors (Lipinski definition) is 3. The second kappa shape index (κ2) is 6.05. The molecule has 4 aliphatic carbocycles. The molecule has 3 nitrogen and oxygen atoms in total. The third-order valence-corrected chi connectivity index (χ3v) is 9.55. The van der Waals surface area contributed by atoms with Crippen LogP contribution in [0, 0.1) is 46.3 Å². The molecule has 0 heterocycles. The Morgan fingerprint density at radius 3 is 2.56 bits per heavy atom. The molecule has 0 aromatic rings. The van der Waals surface area contributed by atoms with E-state index in [1.807, 2.05) is 0 Å². The van der Waals surface area contributed by atoms with Gasteiger partial charge in [0.05, 0.1) is 6.10 Å². The lowest BCUT2D eigenvalue weighted by Crippen LogP contribution is -2.58. The number of carbonyl (C=O) groups excluding carboxylic acids is 1. The Bertz CT molecular complexity index is 545. The molecule has 4 fully saturated rings. The minimum Gasteiger partial charge on any atom is -0.396 e. The highest BCUT2D eigenvalue weighted by molar-refractivity contribution is 5.79. The SMILES string of the molecule is CC(CO)[C@H]1CC[C@H]2[C@@H]3[C@H](O)C[C@@H]4CC(=O)CC[C@]4(C)[C@H]3CC[C@]12C. The minimum atomic E-state index is -0.234. The molecule has 4 saturated carbocycles. The fourth-order valence-electron chi connectivity index (χ4n) is 8.12. The minimum absolute atomic E-state index is 0.234. The molecule has 0 radical (unpaired) electrons. The van der Waals surface area contributed by atoms with E-state index in [1.54, 1.807) is 0 Å². The number of rotatable bonds is 2. The van der Waals surface area contributed by atoms with Crippen LogP contribution in [0.15, 0.2) is 0 Å². The van der Waals surface area contributed by atoms with E-state index in [4.69, 9.17) is 0 Å². The smallest absolute Gasteiger partial charge is 0.133 e. The van der Waals surface area contributed by atoms with Crippen molar-refractivity contribution in [3.63, 3.8) is 0 Å². The van der Waals surface area contributed by atoms with Crippen molar-refractivity contribution >= 4 is 5.78 Å². The van der Waals surface area contributed by atoms with Gasteiger partial charge in [0, 0.05) is 19.4 Å². The van der Waals surface area contributed by atoms with Gasteiger partial charge in [-0.25, -0.2) is 0 Å². The van der Waals surface area contributed by atoms with Crippen LogP contribution >= 0.6 is 0 Å². The summed E-state index contributed by atoms with van der Waals surface area (Å²) in [7, 11) is 0. The van der Waals surface area contributed by atoms with E-state index in [0.717, 1.165) is 19.3 Å². The average Bonchev–Trinajstić information content (AvgIpc) is 2.93. The van der Waals surface area contributed by atoms with Crippen LogP contribution in [0.25, 0.3) is 0 Å². The molecule has 1 unspecified atom stereocenters. The summed E-state index contributed by atoms with van der Waals surface area (Å²) >= 11 is 0. The molecular weight excluding hydrogens is 312 g/mol. The molecule has 4 rings (SSSR count). The summed E-state index contributed by atoms with van der Waals surface area (Å²) in [5, 5.41) is 20.9. The van der Waals surface area contributed by atoms with E-state index in [0.29, 0.717) is 47.7 Å². The standard InChI is InChI=1S/C22H36O3/c1-13(12-23)16-4-5-17-20-18(7-9-22(16,17)3)21(2)8-6-15(24)10-14(21)11-19(20)25/h13-14,16-20,23,25H,4-12H2,1-3H3/t13?,14-,16+,17-,18-,19+,20-,21-,22+/m0/s1. The normalized spacial score (nSPS) is 53.7. The molecule has 0 bridgehead atoms. The van der Waals surface area contributed by atoms with Crippen molar-refractivity contribution in [2.45, 2.75) is 78.2 Å². The van der Waals surface area contributed by atoms with Crippen LogP contribution < -0.4 is 0 Å². The molecule has 2 N–H and O–H groups in total. The highest BCUT2D eigenvalue weighted by Gasteiger charge is 2.62. The van der Waals surface area contributed by atoms with Crippen molar-refractivity contribution in [3.05, 3.63) is 0 Å². The number of aliphatic hydroxyl groups is 2. The number of Topliss-reactive ketones (excluding diaryl/α,β-unsaturated/α-hetero) is 1. The Morgan fingerprint density at radius 2 is 1.84 bits per heavy atom. The number of aliphatic hydroxyl groups excluding tert-OH is 2. The first-order chi connectivity index (χ1) is 11.8. The summed E-state index contributed by atoms with van der Waals surface area (Å²) in [5.74, 6) is 3.33. The maximum Gasteiger partial charge on any atom is 0.133 e. The van der Waals surface area contributed by atoms with Crippen LogP contribution in [0.2, 0.25) is 0 Å². The molecule has 142 valence electrons. The summed E-state index contributed by atoms with van der Waals surface area (Å²) in [6.07, 6.45) is 7.92. The summed E-state index contributed by atoms with van der Waals surface area (Å²) in [5.41, 5.74) is 0.526. The van der Waals surface area contributed by atoms with E-state index >= 15 is 0 Å². The summed E-state index contributed by atoms with van der Waals surface area (Å²) in [4.78, 5) is 12.0. The van der Waals surface area contributed by atoms with Crippen molar-refractivity contribution in [1.29, 1.82) is 0 Å². The quantitative estimate of drug-likeness (QED) is 0.798. The zero-order valence-electron chi connectivity index (χ0n) is 16.2. The van der Waals surface area contributed by atoms with Crippen molar-refractivity contribution in [3.8, 4) is 0 Å². The van der Waals surface area contributed by atoms with Gasteiger partial charge in [-0.2, -0.15) is 0 Å². The van der Waals surface area contributed by atoms with Gasteiger partial charge in [0.15, 0.2) is 0 Å². The number of fused-ring (bicyclic) bond motifs is 5. The summed E-state index contributed by atoms with van der Waals surface area (Å²) < 4.78 is 0. The van der Waals surface area contributed by atoms with Gasteiger partial charge in [0.1, 0.15) is 5.78 Å². The Hall–Kier alpha value is -0.410. The number of hydrogen-bond donors (Lipinski definition) is 2. The van der Waals surface area contributed by atoms with Crippen LogP contribution in [-0.4, -0.2) is 28.7 Å². The lowest BCUT2D eigenvalue weighted by Gasteiger charge is -2.61. The fourth-order valence-corrected chi connectivity index (χ4v) is 8.12. The van der Waals surface area contributed by atoms with Gasteiger partial charge >= 0.3 is 0 Å². The molecule has 0 aromatic carbocycles. The average molecular weight is 349 g/mol. The van der Waals surface area contributed by atoms with Crippen LogP contribution in [0.1, 0.15) is 72.1 Å². The van der Waals surface area contributed by atoms with Gasteiger partial charge in [-0.05, 0) is 84.9 Å². The highest BCUT2D eigenvalue weighted by Crippen LogP contribution is 2.67. The largest absolute Gasteiger partial charge is 0.396 e. The highest BCUT2D eigenvalue weighted by atomic mass is 16.3. The van der Waals surface area contributed by atoms with Crippen molar-refractivity contribution in [2.24, 2.45) is 46.3 Å². The third kappa shape index (κ3) is 2.48. The second-order valence-corrected chi connectivity index (χ2v) is 10.4. The molecule has 3 heteroatoms. The van der Waals surface area contributed by atoms with E-state index in [-0.39, 0.29) is 23.5 Å². The van der Waals surface area contributed by atoms with E-state index < -0.39 is 0 Å². The predicted molar refractivity (Wildman–Crippen MR) is 97.9 cm³/mol. The molecule has 0 saturated heterocycles. The lowest BCUT2D eigenvalue weighted by atomic mass is 9.44. The van der Waals surface area contributed by atoms with E-state index in [9.17, 15) is 15.0 Å². The van der Waals surface area contributed by atoms with Gasteiger partial charge in [0.25, 0.3) is 0 Å². The van der Waals surface area contributed by atoms with Crippen LogP contribution in [0.5, 0.6) is 0 Å². The van der Waals surface area contributed by atoms with E-state index in [1.165, 1.54) is 25.7 Å². The Morgan fingerprint density at radius 1 is 1.12 bits per heavy atom. The molecule has 0 amide bonds. The number of ketones is 1. The second-order valence-electron chi connectivity index (χ2n) is 10.4. The molecule has 25 heavy (non-hydrogen) atoms. The van der Waals surface area contributed by atoms with Crippen LogP contribution in [0.4, 0.5) is 0 Å². The maximum absolute atomic E-state index is 12.0.